The molecule has 0 amide bonds. The summed E-state index contributed by atoms with van der Waals surface area (Å²) in [4.78, 5) is 8.15. The predicted molar refractivity (Wildman–Crippen MR) is 74.0 cm³/mol. The van der Waals surface area contributed by atoms with Crippen LogP contribution in [-0.4, -0.2) is 23.6 Å². The molecule has 0 bridgehead atoms. The molecule has 0 aliphatic heterocycles. The lowest BCUT2D eigenvalue weighted by Crippen LogP contribution is -2.04. The third kappa shape index (κ3) is 2.96. The summed E-state index contributed by atoms with van der Waals surface area (Å²) in [6.45, 7) is 4.41. The van der Waals surface area contributed by atoms with Crippen LogP contribution in [0.25, 0.3) is 0 Å². The number of nitrogens with zero attached hydrogens (tertiary/aromatic N) is 2. The van der Waals surface area contributed by atoms with E-state index in [1.807, 2.05) is 6.92 Å². The Morgan fingerprint density at radius 3 is 2.75 bits per heavy atom. The molecule has 1 heterocycles. The fourth-order valence-electron chi connectivity index (χ4n) is 1.74. The second-order valence-electron chi connectivity index (χ2n) is 4.10. The third-order valence-electron chi connectivity index (χ3n) is 2.66. The molecule has 6 heteroatoms. The molecule has 0 aliphatic carbocycles. The summed E-state index contributed by atoms with van der Waals surface area (Å²) in [5.74, 6) is 1.47. The number of halogens is 1. The second-order valence-corrected chi connectivity index (χ2v) is 4.10. The molecule has 1 aromatic heterocycles. The Balaban J connectivity index is 2.35. The van der Waals surface area contributed by atoms with Crippen molar-refractivity contribution >= 4 is 5.82 Å². The Bertz CT molecular complexity index is 605. The van der Waals surface area contributed by atoms with Crippen molar-refractivity contribution in [3.63, 3.8) is 0 Å². The summed E-state index contributed by atoms with van der Waals surface area (Å²) in [5, 5.41) is 3.06. The summed E-state index contributed by atoms with van der Waals surface area (Å²) >= 11 is 0. The number of nitrogens with one attached hydrogen (secondary N) is 1. The molecule has 20 heavy (non-hydrogen) atoms. The average Bonchev–Trinajstić information content (AvgIpc) is 2.42. The van der Waals surface area contributed by atoms with E-state index in [-0.39, 0.29) is 11.7 Å². The lowest BCUT2D eigenvalue weighted by atomic mass is 10.2. The summed E-state index contributed by atoms with van der Waals surface area (Å²) < 4.78 is 24.0. The van der Waals surface area contributed by atoms with Crippen LogP contribution in [0.2, 0.25) is 0 Å². The molecule has 0 radical (unpaired) electrons. The molecule has 0 spiro atoms. The maximum absolute atomic E-state index is 13.1. The van der Waals surface area contributed by atoms with Crippen LogP contribution in [-0.2, 0) is 0 Å². The van der Waals surface area contributed by atoms with Gasteiger partial charge in [0.15, 0.2) is 5.82 Å². The monoisotopic (exact) mass is 277 g/mol. The highest BCUT2D eigenvalue weighted by atomic mass is 19.1. The summed E-state index contributed by atoms with van der Waals surface area (Å²) in [6, 6.07) is 4.29. The first-order valence-corrected chi connectivity index (χ1v) is 6.22. The standard InChI is InChI=1S/C14H16FN3O2/c1-4-16-13-12(19-3)14(18-8-17-13)20-11-6-5-10(15)7-9(11)2/h5-8H,4H2,1-3H3,(H,16,17,18). The van der Waals surface area contributed by atoms with E-state index in [0.717, 1.165) is 0 Å². The molecule has 1 N–H and O–H groups in total. The molecule has 0 aliphatic rings. The molecule has 0 unspecified atom stereocenters. The normalized spacial score (nSPS) is 10.2. The van der Waals surface area contributed by atoms with Crippen LogP contribution >= 0.6 is 0 Å². The van der Waals surface area contributed by atoms with Gasteiger partial charge in [0.1, 0.15) is 17.9 Å². The predicted octanol–water partition coefficient (Wildman–Crippen LogP) is 3.16. The zero-order valence-corrected chi connectivity index (χ0v) is 11.6. The topological polar surface area (TPSA) is 56.3 Å². The fraction of sp³-hybridized carbons (Fsp3) is 0.286. The first kappa shape index (κ1) is 14.0. The van der Waals surface area contributed by atoms with Gasteiger partial charge in [0.05, 0.1) is 7.11 Å². The van der Waals surface area contributed by atoms with Crippen LogP contribution in [0.15, 0.2) is 24.5 Å². The van der Waals surface area contributed by atoms with Crippen LogP contribution < -0.4 is 14.8 Å². The number of rotatable bonds is 5. The Morgan fingerprint density at radius 2 is 2.10 bits per heavy atom. The lowest BCUT2D eigenvalue weighted by Gasteiger charge is -2.13. The number of aromatic nitrogens is 2. The van der Waals surface area contributed by atoms with E-state index in [0.29, 0.717) is 29.4 Å². The molecule has 106 valence electrons. The quantitative estimate of drug-likeness (QED) is 0.909. The Hall–Kier alpha value is -2.37. The van der Waals surface area contributed by atoms with Crippen molar-refractivity contribution in [1.29, 1.82) is 0 Å². The van der Waals surface area contributed by atoms with E-state index in [2.05, 4.69) is 15.3 Å². The minimum Gasteiger partial charge on any atom is -0.489 e. The Morgan fingerprint density at radius 1 is 1.30 bits per heavy atom. The van der Waals surface area contributed by atoms with E-state index in [1.165, 1.54) is 25.6 Å². The third-order valence-corrected chi connectivity index (χ3v) is 2.66. The number of benzene rings is 1. The van der Waals surface area contributed by atoms with E-state index in [4.69, 9.17) is 9.47 Å². The van der Waals surface area contributed by atoms with Crippen LogP contribution in [0, 0.1) is 12.7 Å². The summed E-state index contributed by atoms with van der Waals surface area (Å²) in [5.41, 5.74) is 0.677. The zero-order chi connectivity index (χ0) is 14.5. The maximum atomic E-state index is 13.1. The van der Waals surface area contributed by atoms with Gasteiger partial charge in [-0.25, -0.2) is 9.37 Å². The highest BCUT2D eigenvalue weighted by Crippen LogP contribution is 2.35. The van der Waals surface area contributed by atoms with Gasteiger partial charge < -0.3 is 14.8 Å². The van der Waals surface area contributed by atoms with E-state index < -0.39 is 0 Å². The van der Waals surface area contributed by atoms with Gasteiger partial charge in [-0.15, -0.1) is 0 Å². The molecular weight excluding hydrogens is 261 g/mol. The molecule has 1 aromatic carbocycles. The van der Waals surface area contributed by atoms with E-state index in [9.17, 15) is 4.39 Å². The Labute approximate surface area is 116 Å². The number of hydrogen-bond acceptors (Lipinski definition) is 5. The summed E-state index contributed by atoms with van der Waals surface area (Å²) in [7, 11) is 1.52. The minimum atomic E-state index is -0.308. The van der Waals surface area contributed by atoms with Crippen molar-refractivity contribution in [1.82, 2.24) is 9.97 Å². The molecule has 0 saturated carbocycles. The minimum absolute atomic E-state index is 0.285. The van der Waals surface area contributed by atoms with Crippen LogP contribution in [0.5, 0.6) is 17.4 Å². The molecule has 0 atom stereocenters. The van der Waals surface area contributed by atoms with Crippen molar-refractivity contribution in [3.05, 3.63) is 35.9 Å². The van der Waals surface area contributed by atoms with Gasteiger partial charge in [-0.1, -0.05) is 0 Å². The SMILES string of the molecule is CCNc1ncnc(Oc2ccc(F)cc2C)c1OC. The second kappa shape index (κ2) is 6.18. The Kier molecular flexibility index (Phi) is 4.34. The highest BCUT2D eigenvalue weighted by Gasteiger charge is 2.14. The maximum Gasteiger partial charge on any atom is 0.268 e. The van der Waals surface area contributed by atoms with Gasteiger partial charge in [0.2, 0.25) is 5.75 Å². The van der Waals surface area contributed by atoms with Crippen molar-refractivity contribution < 1.29 is 13.9 Å². The van der Waals surface area contributed by atoms with Crippen molar-refractivity contribution in [2.75, 3.05) is 19.0 Å². The van der Waals surface area contributed by atoms with Gasteiger partial charge >= 0.3 is 0 Å². The van der Waals surface area contributed by atoms with Crippen molar-refractivity contribution in [2.24, 2.45) is 0 Å². The van der Waals surface area contributed by atoms with Gasteiger partial charge in [-0.05, 0) is 37.6 Å². The smallest absolute Gasteiger partial charge is 0.268 e. The molecule has 2 aromatic rings. The van der Waals surface area contributed by atoms with Crippen LogP contribution in [0.3, 0.4) is 0 Å². The van der Waals surface area contributed by atoms with Crippen molar-refractivity contribution in [3.8, 4) is 17.4 Å². The lowest BCUT2D eigenvalue weighted by molar-refractivity contribution is 0.368. The van der Waals surface area contributed by atoms with E-state index in [1.54, 1.807) is 13.0 Å². The van der Waals surface area contributed by atoms with Crippen molar-refractivity contribution in [2.45, 2.75) is 13.8 Å². The molecule has 0 saturated heterocycles. The van der Waals surface area contributed by atoms with Crippen LogP contribution in [0.4, 0.5) is 10.2 Å². The summed E-state index contributed by atoms with van der Waals surface area (Å²) in [6.07, 6.45) is 1.38. The van der Waals surface area contributed by atoms with Gasteiger partial charge in [0.25, 0.3) is 5.88 Å². The van der Waals surface area contributed by atoms with Gasteiger partial charge in [-0.3, -0.25) is 0 Å². The average molecular weight is 277 g/mol. The molecule has 0 fully saturated rings. The first-order chi connectivity index (χ1) is 9.65. The molecule has 2 rings (SSSR count). The highest BCUT2D eigenvalue weighted by molar-refractivity contribution is 5.56. The van der Waals surface area contributed by atoms with Crippen LogP contribution in [0.1, 0.15) is 12.5 Å². The largest absolute Gasteiger partial charge is 0.489 e. The number of ether oxygens (including phenoxy) is 2. The van der Waals surface area contributed by atoms with Gasteiger partial charge in [-0.2, -0.15) is 4.98 Å². The van der Waals surface area contributed by atoms with Gasteiger partial charge in [0, 0.05) is 6.54 Å². The number of methoxy groups -OCH3 is 1. The number of anilines is 1. The number of aryl methyl sites for hydroxylation is 1. The van der Waals surface area contributed by atoms with E-state index >= 15 is 0 Å². The molecular formula is C14H16FN3O2. The molecule has 5 nitrogen and oxygen atoms in total. The first-order valence-electron chi connectivity index (χ1n) is 6.22. The number of hydrogen-bond donors (Lipinski definition) is 1. The zero-order valence-electron chi connectivity index (χ0n) is 11.6. The fourth-order valence-corrected chi connectivity index (χ4v) is 1.74.